The van der Waals surface area contributed by atoms with E-state index in [1.165, 1.54) is 6.92 Å². The van der Waals surface area contributed by atoms with Crippen molar-refractivity contribution in [1.82, 2.24) is 0 Å². The molecule has 0 radical (unpaired) electrons. The lowest BCUT2D eigenvalue weighted by atomic mass is 10.3. The predicted octanol–water partition coefficient (Wildman–Crippen LogP) is 2.07. The van der Waals surface area contributed by atoms with Gasteiger partial charge in [0, 0.05) is 6.92 Å². The van der Waals surface area contributed by atoms with Crippen LogP contribution in [0.15, 0.2) is 23.8 Å². The molecule has 11 heavy (non-hydrogen) atoms. The van der Waals surface area contributed by atoms with Gasteiger partial charge in [0.25, 0.3) is 0 Å². The van der Waals surface area contributed by atoms with E-state index in [2.05, 4.69) is 4.74 Å². The van der Waals surface area contributed by atoms with Crippen molar-refractivity contribution in [3.63, 3.8) is 0 Å². The number of allylic oxidation sites excluding steroid dienone is 3. The number of hydrogen-bond acceptors (Lipinski definition) is 2. The average molecular weight is 154 g/mol. The molecular weight excluding hydrogens is 140 g/mol. The smallest absolute Gasteiger partial charge is 0.302 e. The fourth-order valence-corrected chi connectivity index (χ4v) is 0.496. The number of hydrogen-bond donors (Lipinski definition) is 0. The second-order valence-corrected chi connectivity index (χ2v) is 2.24. The van der Waals surface area contributed by atoms with Gasteiger partial charge < -0.3 is 4.74 Å². The first-order chi connectivity index (χ1) is 5.16. The van der Waals surface area contributed by atoms with E-state index in [9.17, 15) is 4.79 Å². The largest absolute Gasteiger partial charge is 0.462 e. The molecule has 0 aromatic rings. The van der Waals surface area contributed by atoms with Gasteiger partial charge in [0.15, 0.2) is 0 Å². The summed E-state index contributed by atoms with van der Waals surface area (Å²) in [5.74, 6) is -0.243. The molecule has 0 atom stereocenters. The zero-order chi connectivity index (χ0) is 8.69. The number of ether oxygens (including phenoxy) is 1. The quantitative estimate of drug-likeness (QED) is 0.459. The molecule has 0 saturated heterocycles. The number of carbonyl (C=O) groups excluding carboxylic acids is 1. The zero-order valence-electron chi connectivity index (χ0n) is 7.26. The van der Waals surface area contributed by atoms with Gasteiger partial charge in [0.05, 0.1) is 0 Å². The van der Waals surface area contributed by atoms with Crippen molar-refractivity contribution in [2.75, 3.05) is 6.61 Å². The molecule has 0 N–H and O–H groups in total. The molecule has 0 unspecified atom stereocenters. The SMILES string of the molecule is C/C=C(C)\C=C/COC(C)=O. The van der Waals surface area contributed by atoms with E-state index in [1.54, 1.807) is 0 Å². The van der Waals surface area contributed by atoms with E-state index in [0.717, 1.165) is 5.57 Å². The van der Waals surface area contributed by atoms with Crippen LogP contribution in [0.25, 0.3) is 0 Å². The third kappa shape index (κ3) is 6.84. The summed E-state index contributed by atoms with van der Waals surface area (Å²) in [7, 11) is 0. The van der Waals surface area contributed by atoms with Crippen LogP contribution < -0.4 is 0 Å². The maximum Gasteiger partial charge on any atom is 0.302 e. The van der Waals surface area contributed by atoms with Crippen LogP contribution in [0, 0.1) is 0 Å². The van der Waals surface area contributed by atoms with Crippen molar-refractivity contribution < 1.29 is 9.53 Å². The minimum absolute atomic E-state index is 0.243. The van der Waals surface area contributed by atoms with Crippen molar-refractivity contribution in [3.05, 3.63) is 23.8 Å². The Morgan fingerprint density at radius 2 is 2.09 bits per heavy atom. The van der Waals surface area contributed by atoms with Crippen LogP contribution in [-0.2, 0) is 9.53 Å². The third-order valence-corrected chi connectivity index (χ3v) is 1.22. The van der Waals surface area contributed by atoms with Crippen molar-refractivity contribution in [2.24, 2.45) is 0 Å². The minimum Gasteiger partial charge on any atom is -0.462 e. The summed E-state index contributed by atoms with van der Waals surface area (Å²) >= 11 is 0. The second-order valence-electron chi connectivity index (χ2n) is 2.24. The van der Waals surface area contributed by atoms with Crippen molar-refractivity contribution in [3.8, 4) is 0 Å². The summed E-state index contributed by atoms with van der Waals surface area (Å²) in [4.78, 5) is 10.3. The van der Waals surface area contributed by atoms with E-state index < -0.39 is 0 Å². The van der Waals surface area contributed by atoms with Gasteiger partial charge in [-0.3, -0.25) is 4.79 Å². The topological polar surface area (TPSA) is 26.3 Å². The summed E-state index contributed by atoms with van der Waals surface area (Å²) < 4.78 is 4.68. The Kier molecular flexibility index (Phi) is 5.17. The highest BCUT2D eigenvalue weighted by Crippen LogP contribution is 1.93. The molecule has 0 aliphatic carbocycles. The molecule has 0 heterocycles. The Balaban J connectivity index is 3.53. The summed E-state index contributed by atoms with van der Waals surface area (Å²) in [5, 5.41) is 0. The van der Waals surface area contributed by atoms with Gasteiger partial charge >= 0.3 is 5.97 Å². The normalized spacial score (nSPS) is 12.1. The molecular formula is C9H14O2. The van der Waals surface area contributed by atoms with E-state index in [-0.39, 0.29) is 5.97 Å². The first-order valence-electron chi connectivity index (χ1n) is 3.59. The molecule has 0 rings (SSSR count). The Morgan fingerprint density at radius 3 is 2.55 bits per heavy atom. The highest BCUT2D eigenvalue weighted by atomic mass is 16.5. The molecule has 2 heteroatoms. The molecule has 0 aromatic carbocycles. The fourth-order valence-electron chi connectivity index (χ4n) is 0.496. The molecule has 0 aliphatic heterocycles. The summed E-state index contributed by atoms with van der Waals surface area (Å²) in [6.07, 6.45) is 5.73. The van der Waals surface area contributed by atoms with Crippen molar-refractivity contribution >= 4 is 5.97 Å². The number of rotatable bonds is 3. The van der Waals surface area contributed by atoms with Gasteiger partial charge in [0.2, 0.25) is 0 Å². The molecule has 2 nitrogen and oxygen atoms in total. The first kappa shape index (κ1) is 9.95. The van der Waals surface area contributed by atoms with Crippen LogP contribution in [0.4, 0.5) is 0 Å². The predicted molar refractivity (Wildman–Crippen MR) is 45.2 cm³/mol. The van der Waals surface area contributed by atoms with Crippen LogP contribution in [0.3, 0.4) is 0 Å². The first-order valence-corrected chi connectivity index (χ1v) is 3.59. The molecule has 62 valence electrons. The lowest BCUT2D eigenvalue weighted by molar-refractivity contribution is -0.139. The van der Waals surface area contributed by atoms with Gasteiger partial charge in [-0.15, -0.1) is 0 Å². The molecule has 0 aliphatic rings. The fraction of sp³-hybridized carbons (Fsp3) is 0.444. The number of carbonyl (C=O) groups is 1. The summed E-state index contributed by atoms with van der Waals surface area (Å²) in [6, 6.07) is 0. The van der Waals surface area contributed by atoms with E-state index >= 15 is 0 Å². The highest BCUT2D eigenvalue weighted by molar-refractivity contribution is 5.66. The van der Waals surface area contributed by atoms with Crippen LogP contribution >= 0.6 is 0 Å². The van der Waals surface area contributed by atoms with Crippen LogP contribution in [-0.4, -0.2) is 12.6 Å². The van der Waals surface area contributed by atoms with Crippen LogP contribution in [0.5, 0.6) is 0 Å². The van der Waals surface area contributed by atoms with Gasteiger partial charge in [-0.1, -0.05) is 17.7 Å². The van der Waals surface area contributed by atoms with E-state index in [0.29, 0.717) is 6.61 Å². The van der Waals surface area contributed by atoms with Gasteiger partial charge in [-0.05, 0) is 19.9 Å². The van der Waals surface area contributed by atoms with Crippen molar-refractivity contribution in [1.29, 1.82) is 0 Å². The Hall–Kier alpha value is -1.05. The Labute approximate surface area is 67.6 Å². The van der Waals surface area contributed by atoms with Gasteiger partial charge in [-0.25, -0.2) is 0 Å². The standard InChI is InChI=1S/C9H14O2/c1-4-8(2)6-5-7-11-9(3)10/h4-6H,7H2,1-3H3/b6-5-,8-4-. The van der Waals surface area contributed by atoms with E-state index in [1.807, 2.05) is 32.1 Å². The summed E-state index contributed by atoms with van der Waals surface area (Å²) in [6.45, 7) is 5.71. The minimum atomic E-state index is -0.243. The molecule has 0 amide bonds. The Bertz CT molecular complexity index is 178. The highest BCUT2D eigenvalue weighted by Gasteiger charge is 1.86. The monoisotopic (exact) mass is 154 g/mol. The molecule has 0 spiro atoms. The van der Waals surface area contributed by atoms with Crippen LogP contribution in [0.2, 0.25) is 0 Å². The molecule has 0 aromatic heterocycles. The van der Waals surface area contributed by atoms with E-state index in [4.69, 9.17) is 0 Å². The Morgan fingerprint density at radius 1 is 1.45 bits per heavy atom. The maximum atomic E-state index is 10.3. The third-order valence-electron chi connectivity index (χ3n) is 1.22. The van der Waals surface area contributed by atoms with Crippen LogP contribution in [0.1, 0.15) is 20.8 Å². The van der Waals surface area contributed by atoms with Crippen molar-refractivity contribution in [2.45, 2.75) is 20.8 Å². The maximum absolute atomic E-state index is 10.3. The zero-order valence-corrected chi connectivity index (χ0v) is 7.26. The number of esters is 1. The van der Waals surface area contributed by atoms with Gasteiger partial charge in [-0.2, -0.15) is 0 Å². The second kappa shape index (κ2) is 5.71. The summed E-state index contributed by atoms with van der Waals surface area (Å²) in [5.41, 5.74) is 1.16. The van der Waals surface area contributed by atoms with Gasteiger partial charge in [0.1, 0.15) is 6.61 Å². The lowest BCUT2D eigenvalue weighted by Gasteiger charge is -1.94. The lowest BCUT2D eigenvalue weighted by Crippen LogP contribution is -1.97. The molecule has 0 fully saturated rings. The molecule has 0 saturated carbocycles. The average Bonchev–Trinajstić information content (AvgIpc) is 1.97. The molecule has 0 bridgehead atoms.